The monoisotopic (exact) mass is 364 g/mol. The van der Waals surface area contributed by atoms with Gasteiger partial charge in [0, 0.05) is 16.8 Å². The topological polar surface area (TPSA) is 28.7 Å². The fourth-order valence-electron chi connectivity index (χ4n) is 2.74. The number of fused-ring (bicyclic) bond motifs is 1. The molecular formula is C21H14Cl2N2. The molecule has 4 aromatic rings. The molecule has 0 fully saturated rings. The molecule has 1 aromatic heterocycles. The van der Waals surface area contributed by atoms with Gasteiger partial charge >= 0.3 is 0 Å². The minimum atomic E-state index is 0.587. The average Bonchev–Trinajstić information content (AvgIpc) is 3.08. The summed E-state index contributed by atoms with van der Waals surface area (Å²) in [7, 11) is 0. The summed E-state index contributed by atoms with van der Waals surface area (Å²) in [6.07, 6.45) is 5.84. The fraction of sp³-hybridized carbons (Fsp3) is 0. The number of hydrogen-bond donors (Lipinski definition) is 1. The lowest BCUT2D eigenvalue weighted by Gasteiger charge is -2.00. The molecule has 0 bridgehead atoms. The standard InChI is InChI=1S/C21H14Cl2N2/c22-17-8-9-18(19(23)12-17)20-13-24-21(25-20)10-6-14-5-7-15-3-1-2-4-16(15)11-14/h1-13H,(H,24,25). The minimum absolute atomic E-state index is 0.587. The highest BCUT2D eigenvalue weighted by molar-refractivity contribution is 6.36. The fourth-order valence-corrected chi connectivity index (χ4v) is 3.25. The van der Waals surface area contributed by atoms with E-state index in [1.807, 2.05) is 42.6 Å². The Labute approximate surface area is 155 Å². The quantitative estimate of drug-likeness (QED) is 0.430. The van der Waals surface area contributed by atoms with Crippen molar-refractivity contribution in [1.82, 2.24) is 9.97 Å². The number of aromatic nitrogens is 2. The van der Waals surface area contributed by atoms with Crippen molar-refractivity contribution in [3.05, 3.63) is 88.3 Å². The molecule has 1 N–H and O–H groups in total. The summed E-state index contributed by atoms with van der Waals surface area (Å²) in [5.41, 5.74) is 2.77. The predicted molar refractivity (Wildman–Crippen MR) is 107 cm³/mol. The van der Waals surface area contributed by atoms with Gasteiger partial charge in [0.15, 0.2) is 0 Å². The maximum Gasteiger partial charge on any atom is 0.130 e. The van der Waals surface area contributed by atoms with Crippen molar-refractivity contribution >= 4 is 46.1 Å². The first-order valence-electron chi connectivity index (χ1n) is 7.87. The molecule has 25 heavy (non-hydrogen) atoms. The van der Waals surface area contributed by atoms with Crippen LogP contribution in [-0.2, 0) is 0 Å². The lowest BCUT2D eigenvalue weighted by Crippen LogP contribution is -1.80. The zero-order chi connectivity index (χ0) is 17.2. The third-order valence-electron chi connectivity index (χ3n) is 4.01. The van der Waals surface area contributed by atoms with Crippen LogP contribution in [0.4, 0.5) is 0 Å². The Hall–Kier alpha value is -2.55. The van der Waals surface area contributed by atoms with E-state index in [1.54, 1.807) is 6.07 Å². The summed E-state index contributed by atoms with van der Waals surface area (Å²) >= 11 is 12.2. The summed E-state index contributed by atoms with van der Waals surface area (Å²) in [6, 6.07) is 20.1. The van der Waals surface area contributed by atoms with Crippen molar-refractivity contribution in [2.75, 3.05) is 0 Å². The molecule has 0 radical (unpaired) electrons. The molecular weight excluding hydrogens is 351 g/mol. The summed E-state index contributed by atoms with van der Waals surface area (Å²) in [6.45, 7) is 0. The SMILES string of the molecule is Clc1ccc(-c2c[nH]c(C=Cc3ccc4ccccc4c3)n2)c(Cl)c1. The van der Waals surface area contributed by atoms with Crippen molar-refractivity contribution in [2.45, 2.75) is 0 Å². The number of nitrogens with one attached hydrogen (secondary N) is 1. The maximum absolute atomic E-state index is 6.25. The van der Waals surface area contributed by atoms with Crippen LogP contribution in [0.25, 0.3) is 34.2 Å². The van der Waals surface area contributed by atoms with E-state index in [2.05, 4.69) is 40.3 Å². The second kappa shape index (κ2) is 6.75. The number of aromatic amines is 1. The molecule has 0 spiro atoms. The first-order valence-corrected chi connectivity index (χ1v) is 8.62. The third-order valence-corrected chi connectivity index (χ3v) is 4.56. The molecule has 4 heteroatoms. The normalized spacial score (nSPS) is 11.4. The van der Waals surface area contributed by atoms with E-state index in [0.717, 1.165) is 22.6 Å². The Kier molecular flexibility index (Phi) is 4.31. The Bertz CT molecular complexity index is 1080. The van der Waals surface area contributed by atoms with Crippen molar-refractivity contribution < 1.29 is 0 Å². The number of rotatable bonds is 3. The lowest BCUT2D eigenvalue weighted by molar-refractivity contribution is 1.27. The van der Waals surface area contributed by atoms with E-state index in [-0.39, 0.29) is 0 Å². The Morgan fingerprint density at radius 1 is 0.840 bits per heavy atom. The van der Waals surface area contributed by atoms with Gasteiger partial charge in [-0.1, -0.05) is 65.7 Å². The second-order valence-electron chi connectivity index (χ2n) is 5.74. The molecule has 2 nitrogen and oxygen atoms in total. The minimum Gasteiger partial charge on any atom is -0.344 e. The van der Waals surface area contributed by atoms with Crippen LogP contribution in [0.15, 0.2) is 66.9 Å². The van der Waals surface area contributed by atoms with Gasteiger partial charge in [-0.25, -0.2) is 4.98 Å². The van der Waals surface area contributed by atoms with Crippen molar-refractivity contribution in [3.63, 3.8) is 0 Å². The van der Waals surface area contributed by atoms with E-state index in [1.165, 1.54) is 10.8 Å². The van der Waals surface area contributed by atoms with E-state index < -0.39 is 0 Å². The molecule has 0 amide bonds. The molecule has 0 aliphatic carbocycles. The van der Waals surface area contributed by atoms with Gasteiger partial charge in [0.05, 0.1) is 10.7 Å². The van der Waals surface area contributed by atoms with Gasteiger partial charge in [0.25, 0.3) is 0 Å². The summed E-state index contributed by atoms with van der Waals surface area (Å²) in [5, 5.41) is 3.65. The Morgan fingerprint density at radius 3 is 2.52 bits per heavy atom. The highest BCUT2D eigenvalue weighted by Crippen LogP contribution is 2.29. The summed E-state index contributed by atoms with van der Waals surface area (Å²) in [5.74, 6) is 0.772. The lowest BCUT2D eigenvalue weighted by atomic mass is 10.1. The number of halogens is 2. The number of benzene rings is 3. The highest BCUT2D eigenvalue weighted by Gasteiger charge is 2.07. The molecule has 0 unspecified atom stereocenters. The van der Waals surface area contributed by atoms with Crippen LogP contribution < -0.4 is 0 Å². The van der Waals surface area contributed by atoms with E-state index in [4.69, 9.17) is 23.2 Å². The molecule has 3 aromatic carbocycles. The third kappa shape index (κ3) is 3.46. The average molecular weight is 365 g/mol. The molecule has 4 rings (SSSR count). The van der Waals surface area contributed by atoms with Crippen LogP contribution in [0.3, 0.4) is 0 Å². The number of imidazole rings is 1. The summed E-state index contributed by atoms with van der Waals surface area (Å²) < 4.78 is 0. The van der Waals surface area contributed by atoms with Crippen LogP contribution in [0, 0.1) is 0 Å². The van der Waals surface area contributed by atoms with Crippen molar-refractivity contribution in [2.24, 2.45) is 0 Å². The number of hydrogen-bond acceptors (Lipinski definition) is 1. The van der Waals surface area contributed by atoms with Gasteiger partial charge in [-0.2, -0.15) is 0 Å². The predicted octanol–water partition coefficient (Wildman–Crippen LogP) is 6.71. The van der Waals surface area contributed by atoms with Crippen LogP contribution in [0.1, 0.15) is 11.4 Å². The first kappa shape index (κ1) is 15.9. The molecule has 0 aliphatic heterocycles. The molecule has 0 aliphatic rings. The van der Waals surface area contributed by atoms with Crippen molar-refractivity contribution in [1.29, 1.82) is 0 Å². The van der Waals surface area contributed by atoms with Crippen LogP contribution >= 0.6 is 23.2 Å². The second-order valence-corrected chi connectivity index (χ2v) is 6.58. The summed E-state index contributed by atoms with van der Waals surface area (Å²) in [4.78, 5) is 7.74. The van der Waals surface area contributed by atoms with E-state index >= 15 is 0 Å². The van der Waals surface area contributed by atoms with Gasteiger partial charge in [-0.3, -0.25) is 0 Å². The van der Waals surface area contributed by atoms with E-state index in [0.29, 0.717) is 10.0 Å². The number of H-pyrrole nitrogens is 1. The number of nitrogens with zero attached hydrogens (tertiary/aromatic N) is 1. The van der Waals surface area contributed by atoms with Crippen LogP contribution in [-0.4, -0.2) is 9.97 Å². The van der Waals surface area contributed by atoms with Crippen LogP contribution in [0.2, 0.25) is 10.0 Å². The molecule has 1 heterocycles. The Morgan fingerprint density at radius 2 is 1.68 bits per heavy atom. The zero-order valence-electron chi connectivity index (χ0n) is 13.2. The molecule has 0 saturated carbocycles. The first-order chi connectivity index (χ1) is 12.2. The van der Waals surface area contributed by atoms with Gasteiger partial charge in [-0.15, -0.1) is 0 Å². The molecule has 0 atom stereocenters. The van der Waals surface area contributed by atoms with Gasteiger partial charge in [0.2, 0.25) is 0 Å². The molecule has 122 valence electrons. The maximum atomic E-state index is 6.25. The smallest absolute Gasteiger partial charge is 0.130 e. The largest absolute Gasteiger partial charge is 0.344 e. The molecule has 0 saturated heterocycles. The van der Waals surface area contributed by atoms with Gasteiger partial charge in [-0.05, 0) is 46.7 Å². The van der Waals surface area contributed by atoms with Gasteiger partial charge in [0.1, 0.15) is 5.82 Å². The highest BCUT2D eigenvalue weighted by atomic mass is 35.5. The van der Waals surface area contributed by atoms with Crippen LogP contribution in [0.5, 0.6) is 0 Å². The van der Waals surface area contributed by atoms with Gasteiger partial charge < -0.3 is 4.98 Å². The Balaban J connectivity index is 1.60. The zero-order valence-corrected chi connectivity index (χ0v) is 14.7. The van der Waals surface area contributed by atoms with Crippen molar-refractivity contribution in [3.8, 4) is 11.3 Å². The van der Waals surface area contributed by atoms with E-state index in [9.17, 15) is 0 Å².